The summed E-state index contributed by atoms with van der Waals surface area (Å²) in [6.07, 6.45) is 22.9. The zero-order valence-electron chi connectivity index (χ0n) is 21.1. The van der Waals surface area contributed by atoms with Crippen LogP contribution in [0, 0.1) is 11.8 Å². The summed E-state index contributed by atoms with van der Waals surface area (Å²) in [6, 6.07) is 0. The molecule has 32 heavy (non-hydrogen) atoms. The van der Waals surface area contributed by atoms with Crippen LogP contribution in [0.25, 0.3) is 0 Å². The fraction of sp³-hybridized carbons (Fsp3) is 1.00. The first-order valence-electron chi connectivity index (χ1n) is 14.2. The Balaban J connectivity index is 1.07. The van der Waals surface area contributed by atoms with Crippen LogP contribution < -0.4 is 0 Å². The lowest BCUT2D eigenvalue weighted by Crippen LogP contribution is -2.35. The molecule has 2 aliphatic carbocycles. The molecule has 4 aliphatic rings. The van der Waals surface area contributed by atoms with Gasteiger partial charge >= 0.3 is 0 Å². The highest BCUT2D eigenvalue weighted by molar-refractivity contribution is 4.92. The van der Waals surface area contributed by atoms with Crippen LogP contribution in [-0.2, 0) is 18.9 Å². The molecule has 0 aromatic heterocycles. The Bertz CT molecular complexity index is 486. The van der Waals surface area contributed by atoms with Crippen molar-refractivity contribution in [2.45, 2.75) is 153 Å². The van der Waals surface area contributed by atoms with Gasteiger partial charge in [-0.05, 0) is 76.0 Å². The van der Waals surface area contributed by atoms with E-state index >= 15 is 0 Å². The first-order valence-corrected chi connectivity index (χ1v) is 14.2. The number of unbranched alkanes of at least 4 members (excludes halogenated alkanes) is 2. The van der Waals surface area contributed by atoms with Gasteiger partial charge in [-0.1, -0.05) is 52.4 Å². The van der Waals surface area contributed by atoms with Crippen molar-refractivity contribution < 1.29 is 18.9 Å². The van der Waals surface area contributed by atoms with Crippen molar-refractivity contribution in [3.8, 4) is 0 Å². The second-order valence-corrected chi connectivity index (χ2v) is 11.5. The zero-order chi connectivity index (χ0) is 22.3. The van der Waals surface area contributed by atoms with E-state index in [9.17, 15) is 0 Å². The van der Waals surface area contributed by atoms with Crippen LogP contribution in [0.4, 0.5) is 0 Å². The summed E-state index contributed by atoms with van der Waals surface area (Å²) in [5, 5.41) is 0. The van der Waals surface area contributed by atoms with E-state index in [1.165, 1.54) is 103 Å². The molecule has 2 aliphatic heterocycles. The van der Waals surface area contributed by atoms with Crippen molar-refractivity contribution in [1.29, 1.82) is 0 Å². The van der Waals surface area contributed by atoms with E-state index in [-0.39, 0.29) is 23.8 Å². The number of rotatable bonds is 11. The van der Waals surface area contributed by atoms with Crippen molar-refractivity contribution >= 4 is 0 Å². The minimum Gasteiger partial charge on any atom is -0.350 e. The second-order valence-electron chi connectivity index (χ2n) is 11.5. The zero-order valence-corrected chi connectivity index (χ0v) is 21.1. The predicted molar refractivity (Wildman–Crippen MR) is 129 cm³/mol. The van der Waals surface area contributed by atoms with Gasteiger partial charge in [-0.15, -0.1) is 0 Å². The highest BCUT2D eigenvalue weighted by atomic mass is 16.7. The second kappa shape index (κ2) is 12.0. The summed E-state index contributed by atoms with van der Waals surface area (Å²) in [6.45, 7) is 5.83. The lowest BCUT2D eigenvalue weighted by atomic mass is 9.76. The third-order valence-corrected chi connectivity index (χ3v) is 9.09. The third-order valence-electron chi connectivity index (χ3n) is 9.09. The molecular formula is C28H50O4. The van der Waals surface area contributed by atoms with Crippen LogP contribution in [0.2, 0.25) is 0 Å². The van der Waals surface area contributed by atoms with E-state index in [0.29, 0.717) is 13.2 Å². The minimum absolute atomic E-state index is 0.0278. The van der Waals surface area contributed by atoms with Crippen molar-refractivity contribution in [2.24, 2.45) is 11.8 Å². The van der Waals surface area contributed by atoms with Gasteiger partial charge in [-0.25, -0.2) is 0 Å². The predicted octanol–water partition coefficient (Wildman–Crippen LogP) is 7.53. The average Bonchev–Trinajstić information content (AvgIpc) is 3.40. The summed E-state index contributed by atoms with van der Waals surface area (Å²) in [7, 11) is 0. The van der Waals surface area contributed by atoms with Crippen molar-refractivity contribution in [3.63, 3.8) is 0 Å². The van der Waals surface area contributed by atoms with Gasteiger partial charge in [0, 0.05) is 12.8 Å². The maximum atomic E-state index is 6.43. The van der Waals surface area contributed by atoms with Gasteiger partial charge in [0.2, 0.25) is 0 Å². The van der Waals surface area contributed by atoms with Gasteiger partial charge in [0.05, 0.1) is 24.4 Å². The normalized spacial score (nSPS) is 39.9. The molecule has 0 radical (unpaired) electrons. The Morgan fingerprint density at radius 3 is 1.34 bits per heavy atom. The van der Waals surface area contributed by atoms with Gasteiger partial charge in [-0.2, -0.15) is 0 Å². The van der Waals surface area contributed by atoms with E-state index < -0.39 is 0 Å². The molecule has 2 unspecified atom stereocenters. The number of ether oxygens (including phenoxy) is 4. The van der Waals surface area contributed by atoms with Gasteiger partial charge < -0.3 is 18.9 Å². The van der Waals surface area contributed by atoms with Gasteiger partial charge in [-0.3, -0.25) is 0 Å². The summed E-state index contributed by atoms with van der Waals surface area (Å²) in [5.74, 6) is 1.86. The lowest BCUT2D eigenvalue weighted by molar-refractivity contribution is -0.208. The molecule has 0 aromatic carbocycles. The Hall–Kier alpha value is -0.160. The maximum Gasteiger partial charge on any atom is 0.158 e. The standard InChI is InChI=1S/C28H50O4/c1-3-5-7-23-9-15-27(16-10-23)19-13-25(31-27)29-21-22-30-26-14-20-28(32-26)17-11-24(12-18-28)8-6-4-2/h23-26H,3-22H2,1-2H3. The Labute approximate surface area is 197 Å². The summed E-state index contributed by atoms with van der Waals surface area (Å²) >= 11 is 0. The van der Waals surface area contributed by atoms with Crippen molar-refractivity contribution in [2.75, 3.05) is 13.2 Å². The number of hydrogen-bond donors (Lipinski definition) is 0. The first kappa shape index (κ1) is 24.9. The fourth-order valence-electron chi connectivity index (χ4n) is 6.86. The first-order chi connectivity index (χ1) is 15.6. The minimum atomic E-state index is -0.0278. The summed E-state index contributed by atoms with van der Waals surface area (Å²) in [5.41, 5.74) is 0.232. The fourth-order valence-corrected chi connectivity index (χ4v) is 6.86. The van der Waals surface area contributed by atoms with E-state index in [1.807, 2.05) is 0 Å². The molecule has 4 nitrogen and oxygen atoms in total. The average molecular weight is 451 g/mol. The quantitative estimate of drug-likeness (QED) is 0.305. The van der Waals surface area contributed by atoms with E-state index in [1.54, 1.807) is 0 Å². The SMILES string of the molecule is CCCCC1CCC2(CC1)CCC(OCCOC1CCC3(CCC(CCCC)CC3)O1)O2. The Kier molecular flexibility index (Phi) is 9.35. The van der Waals surface area contributed by atoms with Crippen molar-refractivity contribution in [3.05, 3.63) is 0 Å². The molecule has 4 heteroatoms. The summed E-state index contributed by atoms with van der Waals surface area (Å²) in [4.78, 5) is 0. The van der Waals surface area contributed by atoms with E-state index in [2.05, 4.69) is 13.8 Å². The lowest BCUT2D eigenvalue weighted by Gasteiger charge is -2.37. The molecule has 4 rings (SSSR count). The molecular weight excluding hydrogens is 400 g/mol. The molecule has 4 fully saturated rings. The van der Waals surface area contributed by atoms with Gasteiger partial charge in [0.25, 0.3) is 0 Å². The molecule has 2 atom stereocenters. The monoisotopic (exact) mass is 450 g/mol. The van der Waals surface area contributed by atoms with Crippen LogP contribution >= 0.6 is 0 Å². The van der Waals surface area contributed by atoms with Crippen LogP contribution in [-0.4, -0.2) is 37.0 Å². The smallest absolute Gasteiger partial charge is 0.158 e. The highest BCUT2D eigenvalue weighted by Gasteiger charge is 2.44. The molecule has 0 bridgehead atoms. The van der Waals surface area contributed by atoms with Crippen LogP contribution in [0.15, 0.2) is 0 Å². The van der Waals surface area contributed by atoms with E-state index in [4.69, 9.17) is 18.9 Å². The van der Waals surface area contributed by atoms with Crippen LogP contribution in [0.3, 0.4) is 0 Å². The van der Waals surface area contributed by atoms with Crippen LogP contribution in [0.1, 0.15) is 129 Å². The Morgan fingerprint density at radius 2 is 0.969 bits per heavy atom. The topological polar surface area (TPSA) is 36.9 Å². The summed E-state index contributed by atoms with van der Waals surface area (Å²) < 4.78 is 25.0. The van der Waals surface area contributed by atoms with Crippen molar-refractivity contribution in [1.82, 2.24) is 0 Å². The maximum absolute atomic E-state index is 6.43. The molecule has 186 valence electrons. The number of hydrogen-bond acceptors (Lipinski definition) is 4. The van der Waals surface area contributed by atoms with Gasteiger partial charge in [0.15, 0.2) is 12.6 Å². The molecule has 2 saturated heterocycles. The molecule has 2 heterocycles. The molecule has 2 spiro atoms. The molecule has 2 saturated carbocycles. The van der Waals surface area contributed by atoms with Gasteiger partial charge in [0.1, 0.15) is 0 Å². The molecule has 0 amide bonds. The third kappa shape index (κ3) is 6.71. The van der Waals surface area contributed by atoms with Crippen LogP contribution in [0.5, 0.6) is 0 Å². The molecule has 0 aromatic rings. The highest BCUT2D eigenvalue weighted by Crippen LogP contribution is 2.46. The Morgan fingerprint density at radius 1 is 0.594 bits per heavy atom. The van der Waals surface area contributed by atoms with E-state index in [0.717, 1.165) is 24.7 Å². The largest absolute Gasteiger partial charge is 0.350 e. The molecule has 0 N–H and O–H groups in total.